The number of hydrogen-bond acceptors (Lipinski definition) is 3. The van der Waals surface area contributed by atoms with Crippen molar-refractivity contribution in [1.82, 2.24) is 4.90 Å². The standard InChI is InChI=1S/C18H25NO2/c1-19(16-6-4-2-3-5-7-16)13-17(20)14-8-9-18-15(12-14)10-11-21-18/h8-9,12,16H,2-7,10-11,13H2,1H3. The molecule has 0 unspecified atom stereocenters. The molecular weight excluding hydrogens is 262 g/mol. The van der Waals surface area contributed by atoms with Crippen LogP contribution in [-0.4, -0.2) is 36.9 Å². The topological polar surface area (TPSA) is 29.5 Å². The Balaban J connectivity index is 1.62. The van der Waals surface area contributed by atoms with Gasteiger partial charge >= 0.3 is 0 Å². The summed E-state index contributed by atoms with van der Waals surface area (Å²) in [6.07, 6.45) is 8.71. The molecular formula is C18H25NO2. The summed E-state index contributed by atoms with van der Waals surface area (Å²) in [5, 5.41) is 0. The Morgan fingerprint density at radius 3 is 2.76 bits per heavy atom. The molecule has 3 heteroatoms. The van der Waals surface area contributed by atoms with E-state index < -0.39 is 0 Å². The predicted octanol–water partition coefficient (Wildman–Crippen LogP) is 3.46. The minimum absolute atomic E-state index is 0.233. The molecule has 21 heavy (non-hydrogen) atoms. The number of carbonyl (C=O) groups excluding carboxylic acids is 1. The third-order valence-electron chi connectivity index (χ3n) is 4.85. The molecule has 0 N–H and O–H groups in total. The van der Waals surface area contributed by atoms with Gasteiger partial charge in [0.15, 0.2) is 5.78 Å². The van der Waals surface area contributed by atoms with E-state index in [0.717, 1.165) is 24.3 Å². The van der Waals surface area contributed by atoms with E-state index in [1.54, 1.807) is 0 Å². The monoisotopic (exact) mass is 287 g/mol. The van der Waals surface area contributed by atoms with Crippen LogP contribution in [0.15, 0.2) is 18.2 Å². The molecule has 1 fully saturated rings. The number of benzene rings is 1. The van der Waals surface area contributed by atoms with Gasteiger partial charge < -0.3 is 4.74 Å². The summed E-state index contributed by atoms with van der Waals surface area (Å²) in [5.74, 6) is 1.18. The summed E-state index contributed by atoms with van der Waals surface area (Å²) in [5.41, 5.74) is 2.01. The molecule has 0 aromatic heterocycles. The number of carbonyl (C=O) groups is 1. The third-order valence-corrected chi connectivity index (χ3v) is 4.85. The minimum Gasteiger partial charge on any atom is -0.493 e. The van der Waals surface area contributed by atoms with Crippen molar-refractivity contribution in [3.63, 3.8) is 0 Å². The van der Waals surface area contributed by atoms with Gasteiger partial charge in [-0.25, -0.2) is 0 Å². The van der Waals surface area contributed by atoms with Crippen molar-refractivity contribution in [1.29, 1.82) is 0 Å². The van der Waals surface area contributed by atoms with Gasteiger partial charge in [-0.2, -0.15) is 0 Å². The molecule has 3 nitrogen and oxygen atoms in total. The van der Waals surface area contributed by atoms with E-state index in [-0.39, 0.29) is 5.78 Å². The maximum atomic E-state index is 12.5. The lowest BCUT2D eigenvalue weighted by molar-refractivity contribution is 0.0912. The predicted molar refractivity (Wildman–Crippen MR) is 84.1 cm³/mol. The van der Waals surface area contributed by atoms with E-state index in [9.17, 15) is 4.79 Å². The molecule has 1 heterocycles. The maximum absolute atomic E-state index is 12.5. The molecule has 3 rings (SSSR count). The Kier molecular flexibility index (Phi) is 4.59. The lowest BCUT2D eigenvalue weighted by atomic mass is 10.0. The summed E-state index contributed by atoms with van der Waals surface area (Å²) in [7, 11) is 2.10. The smallest absolute Gasteiger partial charge is 0.176 e. The second-order valence-electron chi connectivity index (χ2n) is 6.40. The molecule has 0 radical (unpaired) electrons. The third kappa shape index (κ3) is 3.46. The summed E-state index contributed by atoms with van der Waals surface area (Å²) in [6, 6.07) is 6.45. The first-order valence-corrected chi connectivity index (χ1v) is 8.23. The van der Waals surface area contributed by atoms with Crippen molar-refractivity contribution in [3.05, 3.63) is 29.3 Å². The molecule has 1 aromatic carbocycles. The van der Waals surface area contributed by atoms with Crippen LogP contribution in [0.2, 0.25) is 0 Å². The first-order chi connectivity index (χ1) is 10.2. The van der Waals surface area contributed by atoms with E-state index in [1.807, 2.05) is 18.2 Å². The summed E-state index contributed by atoms with van der Waals surface area (Å²) < 4.78 is 5.50. The van der Waals surface area contributed by atoms with E-state index in [0.29, 0.717) is 12.6 Å². The number of ketones is 1. The van der Waals surface area contributed by atoms with Gasteiger partial charge in [0.2, 0.25) is 0 Å². The lowest BCUT2D eigenvalue weighted by Crippen LogP contribution is -2.35. The van der Waals surface area contributed by atoms with Gasteiger partial charge in [0, 0.05) is 18.0 Å². The minimum atomic E-state index is 0.233. The van der Waals surface area contributed by atoms with E-state index >= 15 is 0 Å². The average molecular weight is 287 g/mol. The highest BCUT2D eigenvalue weighted by Crippen LogP contribution is 2.26. The number of rotatable bonds is 4. The van der Waals surface area contributed by atoms with Crippen LogP contribution in [0.4, 0.5) is 0 Å². The average Bonchev–Trinajstić information content (AvgIpc) is 2.78. The van der Waals surface area contributed by atoms with Gasteiger partial charge in [0.25, 0.3) is 0 Å². The van der Waals surface area contributed by atoms with Crippen LogP contribution in [0, 0.1) is 0 Å². The van der Waals surface area contributed by atoms with Crippen LogP contribution in [0.25, 0.3) is 0 Å². The number of nitrogens with zero attached hydrogens (tertiary/aromatic N) is 1. The van der Waals surface area contributed by atoms with Gasteiger partial charge in [0.05, 0.1) is 13.2 Å². The summed E-state index contributed by atoms with van der Waals surface area (Å²) >= 11 is 0. The molecule has 0 amide bonds. The Hall–Kier alpha value is -1.35. The molecule has 2 aliphatic rings. The number of Topliss-reactive ketones (excluding diaryl/α,β-unsaturated/α-hetero) is 1. The molecule has 1 aliphatic carbocycles. The number of likely N-dealkylation sites (N-methyl/N-ethyl adjacent to an activating group) is 1. The largest absolute Gasteiger partial charge is 0.493 e. The van der Waals surface area contributed by atoms with E-state index in [4.69, 9.17) is 4.74 Å². The fraction of sp³-hybridized carbons (Fsp3) is 0.611. The Morgan fingerprint density at radius 1 is 1.24 bits per heavy atom. The first kappa shape index (κ1) is 14.6. The fourth-order valence-corrected chi connectivity index (χ4v) is 3.51. The zero-order valence-corrected chi connectivity index (χ0v) is 12.9. The summed E-state index contributed by atoms with van der Waals surface area (Å²) in [4.78, 5) is 14.8. The molecule has 0 bridgehead atoms. The van der Waals surface area contributed by atoms with Gasteiger partial charge in [-0.15, -0.1) is 0 Å². The molecule has 0 saturated heterocycles. The number of ether oxygens (including phenoxy) is 1. The van der Waals surface area contributed by atoms with Crippen LogP contribution in [0.3, 0.4) is 0 Å². The number of hydrogen-bond donors (Lipinski definition) is 0. The highest BCUT2D eigenvalue weighted by atomic mass is 16.5. The molecule has 0 atom stereocenters. The molecule has 114 valence electrons. The van der Waals surface area contributed by atoms with Crippen molar-refractivity contribution < 1.29 is 9.53 Å². The van der Waals surface area contributed by atoms with Crippen LogP contribution in [0.5, 0.6) is 5.75 Å². The zero-order valence-electron chi connectivity index (χ0n) is 12.9. The Morgan fingerprint density at radius 2 is 2.00 bits per heavy atom. The highest BCUT2D eigenvalue weighted by molar-refractivity contribution is 5.98. The Bertz CT molecular complexity index is 504. The van der Waals surface area contributed by atoms with Crippen LogP contribution >= 0.6 is 0 Å². The van der Waals surface area contributed by atoms with Crippen molar-refractivity contribution in [3.8, 4) is 5.75 Å². The molecule has 0 spiro atoms. The van der Waals surface area contributed by atoms with Crippen LogP contribution < -0.4 is 4.74 Å². The first-order valence-electron chi connectivity index (χ1n) is 8.23. The van der Waals surface area contributed by atoms with Crippen molar-refractivity contribution in [2.45, 2.75) is 51.0 Å². The van der Waals surface area contributed by atoms with Crippen molar-refractivity contribution in [2.75, 3.05) is 20.2 Å². The quantitative estimate of drug-likeness (QED) is 0.627. The zero-order chi connectivity index (χ0) is 14.7. The fourth-order valence-electron chi connectivity index (χ4n) is 3.51. The lowest BCUT2D eigenvalue weighted by Gasteiger charge is -2.26. The Labute approximate surface area is 127 Å². The molecule has 1 saturated carbocycles. The number of fused-ring (bicyclic) bond motifs is 1. The molecule has 1 aromatic rings. The normalized spacial score (nSPS) is 19.1. The van der Waals surface area contributed by atoms with Crippen LogP contribution in [-0.2, 0) is 6.42 Å². The van der Waals surface area contributed by atoms with Gasteiger partial charge in [-0.1, -0.05) is 25.7 Å². The highest BCUT2D eigenvalue weighted by Gasteiger charge is 2.21. The second kappa shape index (κ2) is 6.61. The maximum Gasteiger partial charge on any atom is 0.176 e. The van der Waals surface area contributed by atoms with Gasteiger partial charge in [-0.05, 0) is 43.7 Å². The summed E-state index contributed by atoms with van der Waals surface area (Å²) in [6.45, 7) is 1.28. The van der Waals surface area contributed by atoms with E-state index in [1.165, 1.54) is 44.1 Å². The SMILES string of the molecule is CN(CC(=O)c1ccc2c(c1)CCO2)C1CCCCCC1. The van der Waals surface area contributed by atoms with Crippen molar-refractivity contribution in [2.24, 2.45) is 0 Å². The van der Waals surface area contributed by atoms with Crippen LogP contribution in [0.1, 0.15) is 54.4 Å². The van der Waals surface area contributed by atoms with E-state index in [2.05, 4.69) is 11.9 Å². The molecule has 1 aliphatic heterocycles. The van der Waals surface area contributed by atoms with Gasteiger partial charge in [0.1, 0.15) is 5.75 Å². The second-order valence-corrected chi connectivity index (χ2v) is 6.40. The van der Waals surface area contributed by atoms with Gasteiger partial charge in [-0.3, -0.25) is 9.69 Å². The van der Waals surface area contributed by atoms with Crippen molar-refractivity contribution >= 4 is 5.78 Å².